The maximum Gasteiger partial charge on any atom is 0.295 e. The van der Waals surface area contributed by atoms with E-state index in [1.807, 2.05) is 6.92 Å². The highest BCUT2D eigenvalue weighted by Gasteiger charge is 2.28. The van der Waals surface area contributed by atoms with Gasteiger partial charge in [-0.15, -0.1) is 11.3 Å². The lowest BCUT2D eigenvalue weighted by molar-refractivity contribution is -0.127. The molecule has 0 aliphatic carbocycles. The topological polar surface area (TPSA) is 83.6 Å². The summed E-state index contributed by atoms with van der Waals surface area (Å²) in [5.74, 6) is -0.800. The number of sulfonamides is 1. The smallest absolute Gasteiger partial charge is 0.295 e. The number of hydrogen-bond donors (Lipinski definition) is 1. The summed E-state index contributed by atoms with van der Waals surface area (Å²) >= 11 is 1.26. The number of carbonyl (C=O) groups excluding carboxylic acids is 2. The molecular formula is C19H22N2O4S2. The van der Waals surface area contributed by atoms with Gasteiger partial charge in [0.25, 0.3) is 11.7 Å². The number of ketones is 1. The van der Waals surface area contributed by atoms with Crippen LogP contribution in [0.4, 0.5) is 0 Å². The number of amides is 1. The van der Waals surface area contributed by atoms with Crippen LogP contribution < -0.4 is 4.72 Å². The van der Waals surface area contributed by atoms with Gasteiger partial charge in [-0.05, 0) is 49.3 Å². The van der Waals surface area contributed by atoms with E-state index in [1.54, 1.807) is 46.7 Å². The number of aryl methyl sites for hydroxylation is 1. The van der Waals surface area contributed by atoms with Crippen molar-refractivity contribution in [2.75, 3.05) is 19.6 Å². The molecule has 144 valence electrons. The molecule has 0 radical (unpaired) electrons. The zero-order valence-corrected chi connectivity index (χ0v) is 16.7. The van der Waals surface area contributed by atoms with E-state index in [-0.39, 0.29) is 10.8 Å². The molecule has 6 nitrogen and oxygen atoms in total. The van der Waals surface area contributed by atoms with E-state index in [0.29, 0.717) is 37.4 Å². The number of piperidine rings is 1. The fourth-order valence-electron chi connectivity index (χ4n) is 3.03. The van der Waals surface area contributed by atoms with Gasteiger partial charge in [0.15, 0.2) is 0 Å². The van der Waals surface area contributed by atoms with E-state index < -0.39 is 21.7 Å². The first-order valence-corrected chi connectivity index (χ1v) is 11.2. The van der Waals surface area contributed by atoms with Crippen LogP contribution in [0.3, 0.4) is 0 Å². The fraction of sp³-hybridized carbons (Fsp3) is 0.368. The van der Waals surface area contributed by atoms with Crippen molar-refractivity contribution in [3.63, 3.8) is 0 Å². The Kier molecular flexibility index (Phi) is 6.08. The Labute approximate surface area is 163 Å². The van der Waals surface area contributed by atoms with Crippen LogP contribution in [-0.4, -0.2) is 44.6 Å². The molecule has 1 aromatic carbocycles. The van der Waals surface area contributed by atoms with Crippen LogP contribution in [0, 0.1) is 12.8 Å². The van der Waals surface area contributed by atoms with Crippen LogP contribution in [0.1, 0.15) is 28.1 Å². The van der Waals surface area contributed by atoms with Crippen molar-refractivity contribution in [3.05, 3.63) is 52.2 Å². The number of likely N-dealkylation sites (tertiary alicyclic amines) is 1. The molecule has 1 aliphatic rings. The molecule has 1 amide bonds. The van der Waals surface area contributed by atoms with Crippen molar-refractivity contribution in [1.29, 1.82) is 0 Å². The van der Waals surface area contributed by atoms with Gasteiger partial charge in [-0.2, -0.15) is 0 Å². The minimum Gasteiger partial charge on any atom is -0.336 e. The Morgan fingerprint density at radius 2 is 1.81 bits per heavy atom. The molecule has 8 heteroatoms. The van der Waals surface area contributed by atoms with E-state index in [4.69, 9.17) is 0 Å². The third kappa shape index (κ3) is 4.82. The lowest BCUT2D eigenvalue weighted by Crippen LogP contribution is -2.44. The molecule has 0 saturated carbocycles. The van der Waals surface area contributed by atoms with Crippen molar-refractivity contribution in [1.82, 2.24) is 9.62 Å². The molecule has 1 fully saturated rings. The molecule has 1 aliphatic heterocycles. The van der Waals surface area contributed by atoms with Crippen molar-refractivity contribution < 1.29 is 18.0 Å². The van der Waals surface area contributed by atoms with Crippen LogP contribution >= 0.6 is 11.3 Å². The summed E-state index contributed by atoms with van der Waals surface area (Å²) in [5.41, 5.74) is 1.00. The van der Waals surface area contributed by atoms with Crippen LogP contribution in [0.5, 0.6) is 0 Å². The molecule has 27 heavy (non-hydrogen) atoms. The maximum absolute atomic E-state index is 12.4. The highest BCUT2D eigenvalue weighted by atomic mass is 32.2. The molecule has 0 atom stereocenters. The second-order valence-electron chi connectivity index (χ2n) is 6.71. The van der Waals surface area contributed by atoms with Crippen molar-refractivity contribution in [3.8, 4) is 0 Å². The lowest BCUT2D eigenvalue weighted by Gasteiger charge is -2.31. The third-order valence-electron chi connectivity index (χ3n) is 4.73. The molecule has 3 rings (SSSR count). The van der Waals surface area contributed by atoms with Gasteiger partial charge < -0.3 is 4.90 Å². The fourth-order valence-corrected chi connectivity index (χ4v) is 4.80. The normalized spacial score (nSPS) is 15.7. The van der Waals surface area contributed by atoms with Crippen molar-refractivity contribution in [2.24, 2.45) is 5.92 Å². The highest BCUT2D eigenvalue weighted by molar-refractivity contribution is 7.89. The number of thiophene rings is 1. The van der Waals surface area contributed by atoms with E-state index >= 15 is 0 Å². The monoisotopic (exact) mass is 406 g/mol. The molecule has 0 spiro atoms. The summed E-state index contributed by atoms with van der Waals surface area (Å²) in [4.78, 5) is 26.7. The van der Waals surface area contributed by atoms with E-state index in [1.165, 1.54) is 11.3 Å². The number of Topliss-reactive ketones (excluding diaryl/α,β-unsaturated/α-hetero) is 1. The molecule has 2 heterocycles. The first kappa shape index (κ1) is 19.7. The Balaban J connectivity index is 1.50. The summed E-state index contributed by atoms with van der Waals surface area (Å²) in [6.07, 6.45) is 1.33. The number of carbonyl (C=O) groups is 2. The van der Waals surface area contributed by atoms with Gasteiger partial charge in [-0.25, -0.2) is 13.1 Å². The van der Waals surface area contributed by atoms with E-state index in [2.05, 4.69) is 4.72 Å². The van der Waals surface area contributed by atoms with Gasteiger partial charge in [0.05, 0.1) is 9.77 Å². The van der Waals surface area contributed by atoms with Gasteiger partial charge in [-0.1, -0.05) is 23.8 Å². The molecule has 0 bridgehead atoms. The van der Waals surface area contributed by atoms with E-state index in [0.717, 1.165) is 5.56 Å². The highest BCUT2D eigenvalue weighted by Crippen LogP contribution is 2.19. The molecule has 2 aromatic rings. The molecule has 1 aromatic heterocycles. The minimum atomic E-state index is -3.53. The first-order valence-electron chi connectivity index (χ1n) is 8.80. The van der Waals surface area contributed by atoms with Gasteiger partial charge in [0.2, 0.25) is 10.0 Å². The van der Waals surface area contributed by atoms with Crippen LogP contribution in [-0.2, 0) is 14.8 Å². The summed E-state index contributed by atoms with van der Waals surface area (Å²) in [6.45, 7) is 3.17. The van der Waals surface area contributed by atoms with E-state index in [9.17, 15) is 18.0 Å². The van der Waals surface area contributed by atoms with Crippen LogP contribution in [0.15, 0.2) is 46.7 Å². The van der Waals surface area contributed by atoms with Gasteiger partial charge in [-0.3, -0.25) is 9.59 Å². The minimum absolute atomic E-state index is 0.145. The predicted octanol–water partition coefficient (Wildman–Crippen LogP) is 2.46. The Morgan fingerprint density at radius 1 is 1.15 bits per heavy atom. The summed E-state index contributed by atoms with van der Waals surface area (Å²) in [7, 11) is -3.53. The van der Waals surface area contributed by atoms with Gasteiger partial charge >= 0.3 is 0 Å². The molecule has 1 saturated heterocycles. The Hall–Kier alpha value is -2.03. The number of hydrogen-bond acceptors (Lipinski definition) is 5. The quantitative estimate of drug-likeness (QED) is 0.590. The SMILES string of the molecule is Cc1ccc(S(=O)(=O)NCC2CCN(C(=O)C(=O)c3cccs3)CC2)cc1. The average molecular weight is 407 g/mol. The maximum atomic E-state index is 12.4. The summed E-state index contributed by atoms with van der Waals surface area (Å²) < 4.78 is 27.4. The summed E-state index contributed by atoms with van der Waals surface area (Å²) in [5, 5.41) is 1.77. The second-order valence-corrected chi connectivity index (χ2v) is 9.42. The van der Waals surface area contributed by atoms with Gasteiger partial charge in [0, 0.05) is 19.6 Å². The number of nitrogens with zero attached hydrogens (tertiary/aromatic N) is 1. The largest absolute Gasteiger partial charge is 0.336 e. The first-order chi connectivity index (χ1) is 12.9. The number of nitrogens with one attached hydrogen (secondary N) is 1. The predicted molar refractivity (Wildman–Crippen MR) is 104 cm³/mol. The zero-order chi connectivity index (χ0) is 19.4. The number of benzene rings is 1. The summed E-state index contributed by atoms with van der Waals surface area (Å²) in [6, 6.07) is 10.1. The van der Waals surface area contributed by atoms with Crippen LogP contribution in [0.25, 0.3) is 0 Å². The lowest BCUT2D eigenvalue weighted by atomic mass is 9.97. The standard InChI is InChI=1S/C19H22N2O4S2/c1-14-4-6-16(7-5-14)27(24,25)20-13-15-8-10-21(11-9-15)19(23)18(22)17-3-2-12-26-17/h2-7,12,15,20H,8-11,13H2,1H3. The Morgan fingerprint density at radius 3 is 2.41 bits per heavy atom. The Bertz CT molecular complexity index is 898. The molecular weight excluding hydrogens is 384 g/mol. The molecule has 0 unspecified atom stereocenters. The second kappa shape index (κ2) is 8.33. The zero-order valence-electron chi connectivity index (χ0n) is 15.1. The van der Waals surface area contributed by atoms with Crippen molar-refractivity contribution >= 4 is 33.1 Å². The average Bonchev–Trinajstić information content (AvgIpc) is 3.21. The van der Waals surface area contributed by atoms with Crippen molar-refractivity contribution in [2.45, 2.75) is 24.7 Å². The van der Waals surface area contributed by atoms with Gasteiger partial charge in [0.1, 0.15) is 0 Å². The molecule has 1 N–H and O–H groups in total. The van der Waals surface area contributed by atoms with Crippen LogP contribution in [0.2, 0.25) is 0 Å². The number of rotatable bonds is 6. The third-order valence-corrected chi connectivity index (χ3v) is 7.04.